The average molecular weight is 326 g/mol. The van der Waals surface area contributed by atoms with Crippen molar-refractivity contribution in [1.29, 1.82) is 0 Å². The molecule has 24 heavy (non-hydrogen) atoms. The Morgan fingerprint density at radius 1 is 1.25 bits per heavy atom. The van der Waals surface area contributed by atoms with Gasteiger partial charge in [0.15, 0.2) is 0 Å². The first kappa shape index (κ1) is 14.7. The summed E-state index contributed by atoms with van der Waals surface area (Å²) in [6.45, 7) is 3.38. The zero-order valence-corrected chi connectivity index (χ0v) is 13.4. The van der Waals surface area contributed by atoms with E-state index in [1.165, 1.54) is 15.6 Å². The van der Waals surface area contributed by atoms with Crippen molar-refractivity contribution in [1.82, 2.24) is 29.3 Å². The molecule has 0 aliphatic carbocycles. The lowest BCUT2D eigenvalue weighted by atomic mass is 10.1. The van der Waals surface area contributed by atoms with Gasteiger partial charge >= 0.3 is 0 Å². The van der Waals surface area contributed by atoms with Crippen molar-refractivity contribution in [3.63, 3.8) is 0 Å². The maximum Gasteiger partial charge on any atom is 0.276 e. The van der Waals surface area contributed by atoms with Gasteiger partial charge < -0.3 is 4.90 Å². The third-order valence-corrected chi connectivity index (χ3v) is 4.47. The molecule has 1 amide bonds. The Morgan fingerprint density at radius 3 is 2.83 bits per heavy atom. The van der Waals surface area contributed by atoms with E-state index >= 15 is 0 Å². The molecule has 1 aliphatic rings. The smallest absolute Gasteiger partial charge is 0.276 e. The predicted octanol–water partition coefficient (Wildman–Crippen LogP) is 1.14. The van der Waals surface area contributed by atoms with Crippen molar-refractivity contribution >= 4 is 11.4 Å². The van der Waals surface area contributed by atoms with E-state index in [4.69, 9.17) is 0 Å². The number of piperidine rings is 1. The lowest BCUT2D eigenvalue weighted by Crippen LogP contribution is -2.35. The third-order valence-electron chi connectivity index (χ3n) is 4.47. The molecular weight excluding hydrogens is 308 g/mol. The summed E-state index contributed by atoms with van der Waals surface area (Å²) >= 11 is 0. The maximum atomic E-state index is 12.7. The van der Waals surface area contributed by atoms with Gasteiger partial charge in [-0.25, -0.2) is 9.20 Å². The minimum atomic E-state index is -0.246. The average Bonchev–Trinajstić information content (AvgIpc) is 3.21. The molecule has 0 aromatic carbocycles. The summed E-state index contributed by atoms with van der Waals surface area (Å²) in [5.41, 5.74) is 1.43. The van der Waals surface area contributed by atoms with E-state index < -0.39 is 0 Å². The van der Waals surface area contributed by atoms with Gasteiger partial charge in [-0.1, -0.05) is 0 Å². The van der Waals surface area contributed by atoms with Crippen molar-refractivity contribution < 1.29 is 4.79 Å². The second-order valence-electron chi connectivity index (χ2n) is 6.02. The quantitative estimate of drug-likeness (QED) is 0.765. The van der Waals surface area contributed by atoms with E-state index in [1.807, 2.05) is 11.8 Å². The lowest BCUT2D eigenvalue weighted by molar-refractivity contribution is 0.0723. The summed E-state index contributed by atoms with van der Waals surface area (Å²) in [6.07, 6.45) is 6.50. The van der Waals surface area contributed by atoms with E-state index in [9.17, 15) is 9.59 Å². The molecule has 0 radical (unpaired) electrons. The molecule has 0 unspecified atom stereocenters. The summed E-state index contributed by atoms with van der Waals surface area (Å²) < 4.78 is 3.00. The standard InChI is InChI=1S/C16H18N6O2/c1-11-12(15(24)20-7-3-2-4-8-20)10-17-22(11)16-18-14(23)13-6-5-9-21(13)19-16/h5-6,9-10H,2-4,7-8H2,1H3,(H,18,19,23). The van der Waals surface area contributed by atoms with Gasteiger partial charge in [0, 0.05) is 19.3 Å². The van der Waals surface area contributed by atoms with Crippen molar-refractivity contribution in [3.8, 4) is 5.95 Å². The second-order valence-corrected chi connectivity index (χ2v) is 6.02. The highest BCUT2D eigenvalue weighted by atomic mass is 16.2. The molecule has 1 saturated heterocycles. The molecule has 0 atom stereocenters. The van der Waals surface area contributed by atoms with E-state index in [1.54, 1.807) is 24.5 Å². The molecule has 1 fully saturated rings. The number of H-pyrrole nitrogens is 1. The monoisotopic (exact) mass is 326 g/mol. The highest BCUT2D eigenvalue weighted by Gasteiger charge is 2.23. The molecule has 8 nitrogen and oxygen atoms in total. The Labute approximate surface area is 137 Å². The van der Waals surface area contributed by atoms with Gasteiger partial charge in [-0.15, -0.1) is 5.10 Å². The summed E-state index contributed by atoms with van der Waals surface area (Å²) in [7, 11) is 0. The van der Waals surface area contributed by atoms with E-state index in [-0.39, 0.29) is 11.5 Å². The van der Waals surface area contributed by atoms with Crippen LogP contribution in [0.15, 0.2) is 29.3 Å². The van der Waals surface area contributed by atoms with Crippen LogP contribution in [0.5, 0.6) is 0 Å². The van der Waals surface area contributed by atoms with Crippen LogP contribution in [0.1, 0.15) is 35.3 Å². The number of nitrogens with one attached hydrogen (secondary N) is 1. The minimum absolute atomic E-state index is 0.0113. The van der Waals surface area contributed by atoms with Crippen LogP contribution in [0.4, 0.5) is 0 Å². The van der Waals surface area contributed by atoms with Gasteiger partial charge in [-0.3, -0.25) is 14.6 Å². The fourth-order valence-electron chi connectivity index (χ4n) is 3.13. The highest BCUT2D eigenvalue weighted by Crippen LogP contribution is 2.17. The number of aromatic amines is 1. The Bertz CT molecular complexity index is 961. The molecule has 0 bridgehead atoms. The van der Waals surface area contributed by atoms with Crippen LogP contribution in [-0.2, 0) is 0 Å². The first-order valence-electron chi connectivity index (χ1n) is 8.07. The fourth-order valence-corrected chi connectivity index (χ4v) is 3.13. The minimum Gasteiger partial charge on any atom is -0.339 e. The van der Waals surface area contributed by atoms with Gasteiger partial charge in [0.2, 0.25) is 5.95 Å². The maximum absolute atomic E-state index is 12.7. The molecule has 0 saturated carbocycles. The zero-order valence-electron chi connectivity index (χ0n) is 13.4. The van der Waals surface area contributed by atoms with Crippen molar-refractivity contribution in [2.24, 2.45) is 0 Å². The van der Waals surface area contributed by atoms with Crippen molar-refractivity contribution in [3.05, 3.63) is 46.1 Å². The Morgan fingerprint density at radius 2 is 2.04 bits per heavy atom. The molecule has 0 spiro atoms. The van der Waals surface area contributed by atoms with Crippen molar-refractivity contribution in [2.45, 2.75) is 26.2 Å². The molecule has 8 heteroatoms. The largest absolute Gasteiger partial charge is 0.339 e. The van der Waals surface area contributed by atoms with Crippen LogP contribution in [0.25, 0.3) is 11.5 Å². The summed E-state index contributed by atoms with van der Waals surface area (Å²) in [5.74, 6) is 0.279. The molecule has 4 rings (SSSR count). The summed E-state index contributed by atoms with van der Waals surface area (Å²) in [6, 6.07) is 3.44. The number of nitrogens with zero attached hydrogens (tertiary/aromatic N) is 5. The summed E-state index contributed by atoms with van der Waals surface area (Å²) in [4.78, 5) is 29.4. The zero-order chi connectivity index (χ0) is 16.7. The highest BCUT2D eigenvalue weighted by molar-refractivity contribution is 5.95. The number of amides is 1. The Kier molecular flexibility index (Phi) is 3.44. The Hall–Kier alpha value is -2.90. The van der Waals surface area contributed by atoms with E-state index in [2.05, 4.69) is 15.2 Å². The number of hydrogen-bond donors (Lipinski definition) is 1. The molecule has 4 heterocycles. The van der Waals surface area contributed by atoms with Crippen LogP contribution in [-0.4, -0.2) is 48.3 Å². The number of hydrogen-bond acceptors (Lipinski definition) is 4. The molecule has 3 aromatic heterocycles. The van der Waals surface area contributed by atoms with Crippen LogP contribution in [0.3, 0.4) is 0 Å². The second kappa shape index (κ2) is 5.63. The summed E-state index contributed by atoms with van der Waals surface area (Å²) in [5, 5.41) is 8.61. The van der Waals surface area contributed by atoms with Gasteiger partial charge in [-0.2, -0.15) is 5.10 Å². The number of carbonyl (C=O) groups is 1. The first-order chi connectivity index (χ1) is 11.6. The topological polar surface area (TPSA) is 88.3 Å². The van der Waals surface area contributed by atoms with Crippen LogP contribution in [0, 0.1) is 6.92 Å². The van der Waals surface area contributed by atoms with Gasteiger partial charge in [0.1, 0.15) is 5.52 Å². The van der Waals surface area contributed by atoms with Crippen LogP contribution in [0.2, 0.25) is 0 Å². The molecule has 1 aliphatic heterocycles. The van der Waals surface area contributed by atoms with Crippen LogP contribution >= 0.6 is 0 Å². The SMILES string of the molecule is Cc1c(C(=O)N2CCCCC2)cnn1-c1nn2cccc2c(=O)[nH]1. The molecule has 3 aromatic rings. The number of aromatic nitrogens is 5. The molecule has 1 N–H and O–H groups in total. The third kappa shape index (κ3) is 2.31. The van der Waals surface area contributed by atoms with E-state index in [0.717, 1.165) is 25.9 Å². The molecular formula is C16H18N6O2. The number of carbonyl (C=O) groups excluding carboxylic acids is 1. The Balaban J connectivity index is 1.73. The number of rotatable bonds is 2. The van der Waals surface area contributed by atoms with Crippen molar-refractivity contribution in [2.75, 3.05) is 13.1 Å². The number of fused-ring (bicyclic) bond motifs is 1. The predicted molar refractivity (Wildman–Crippen MR) is 87.4 cm³/mol. The van der Waals surface area contributed by atoms with Gasteiger partial charge in [0.05, 0.1) is 17.5 Å². The normalized spacial score (nSPS) is 15.1. The number of likely N-dealkylation sites (tertiary alicyclic amines) is 1. The first-order valence-corrected chi connectivity index (χ1v) is 8.07. The van der Waals surface area contributed by atoms with Gasteiger partial charge in [0.25, 0.3) is 11.5 Å². The van der Waals surface area contributed by atoms with Crippen LogP contribution < -0.4 is 5.56 Å². The van der Waals surface area contributed by atoms with Gasteiger partial charge in [-0.05, 0) is 38.3 Å². The fraction of sp³-hybridized carbons (Fsp3) is 0.375. The lowest BCUT2D eigenvalue weighted by Gasteiger charge is -2.26. The molecule has 124 valence electrons. The van der Waals surface area contributed by atoms with E-state index in [0.29, 0.717) is 22.7 Å².